The molecule has 1 unspecified atom stereocenters. The van der Waals surface area contributed by atoms with Crippen LogP contribution >= 0.6 is 0 Å². The summed E-state index contributed by atoms with van der Waals surface area (Å²) in [7, 11) is 1.73. The van der Waals surface area contributed by atoms with Crippen molar-refractivity contribution in [2.45, 2.75) is 39.2 Å². The molecule has 1 aromatic carbocycles. The second-order valence-corrected chi connectivity index (χ2v) is 6.55. The van der Waals surface area contributed by atoms with Crippen LogP contribution < -0.4 is 10.5 Å². The molecule has 0 aromatic heterocycles. The number of likely N-dealkylation sites (tertiary alicyclic amines) is 1. The van der Waals surface area contributed by atoms with Crippen LogP contribution in [0.5, 0.6) is 5.75 Å². The number of nitrogens with zero attached hydrogens (tertiary/aromatic N) is 1. The van der Waals surface area contributed by atoms with Crippen LogP contribution in [0.25, 0.3) is 0 Å². The molecule has 20 heavy (non-hydrogen) atoms. The standard InChI is InChI=1S/C17H28N2O/c1-17(2)9-6-11-19(12-10-17)15(13-18)14-7-4-5-8-16(14)20-3/h4-5,7-8,15H,6,9-13,18H2,1-3H3. The Balaban J connectivity index is 2.19. The van der Waals surface area contributed by atoms with E-state index in [9.17, 15) is 0 Å². The van der Waals surface area contributed by atoms with Crippen LogP contribution in [0.3, 0.4) is 0 Å². The van der Waals surface area contributed by atoms with Crippen molar-refractivity contribution in [2.75, 3.05) is 26.7 Å². The summed E-state index contributed by atoms with van der Waals surface area (Å²) in [6, 6.07) is 8.52. The van der Waals surface area contributed by atoms with Gasteiger partial charge in [0.15, 0.2) is 0 Å². The largest absolute Gasteiger partial charge is 0.496 e. The molecule has 1 heterocycles. The highest BCUT2D eigenvalue weighted by Crippen LogP contribution is 2.35. The van der Waals surface area contributed by atoms with Crippen molar-refractivity contribution >= 4 is 0 Å². The number of nitrogens with two attached hydrogens (primary N) is 1. The van der Waals surface area contributed by atoms with Gasteiger partial charge in [-0.1, -0.05) is 32.0 Å². The second kappa shape index (κ2) is 6.59. The van der Waals surface area contributed by atoms with Crippen molar-refractivity contribution in [2.24, 2.45) is 11.1 Å². The van der Waals surface area contributed by atoms with E-state index in [0.717, 1.165) is 18.8 Å². The van der Waals surface area contributed by atoms with Gasteiger partial charge in [-0.25, -0.2) is 0 Å². The molecule has 112 valence electrons. The Labute approximate surface area is 123 Å². The van der Waals surface area contributed by atoms with E-state index in [-0.39, 0.29) is 6.04 Å². The third-order valence-corrected chi connectivity index (χ3v) is 4.54. The number of para-hydroxylation sites is 1. The van der Waals surface area contributed by atoms with Crippen LogP contribution in [0.15, 0.2) is 24.3 Å². The fourth-order valence-corrected chi connectivity index (χ4v) is 3.17. The third-order valence-electron chi connectivity index (χ3n) is 4.54. The van der Waals surface area contributed by atoms with Gasteiger partial charge >= 0.3 is 0 Å². The lowest BCUT2D eigenvalue weighted by atomic mass is 9.85. The van der Waals surface area contributed by atoms with Gasteiger partial charge in [-0.15, -0.1) is 0 Å². The predicted octanol–water partition coefficient (Wildman–Crippen LogP) is 3.21. The van der Waals surface area contributed by atoms with E-state index in [1.807, 2.05) is 12.1 Å². The van der Waals surface area contributed by atoms with Crippen molar-refractivity contribution in [3.05, 3.63) is 29.8 Å². The van der Waals surface area contributed by atoms with Crippen LogP contribution in [0.1, 0.15) is 44.7 Å². The van der Waals surface area contributed by atoms with Gasteiger partial charge in [-0.2, -0.15) is 0 Å². The topological polar surface area (TPSA) is 38.5 Å². The molecular formula is C17H28N2O. The molecule has 0 radical (unpaired) electrons. The van der Waals surface area contributed by atoms with Crippen molar-refractivity contribution in [1.82, 2.24) is 4.90 Å². The lowest BCUT2D eigenvalue weighted by molar-refractivity contribution is 0.196. The summed E-state index contributed by atoms with van der Waals surface area (Å²) >= 11 is 0. The Bertz CT molecular complexity index is 431. The van der Waals surface area contributed by atoms with E-state index < -0.39 is 0 Å². The zero-order chi connectivity index (χ0) is 14.6. The van der Waals surface area contributed by atoms with Crippen LogP contribution in [0.2, 0.25) is 0 Å². The lowest BCUT2D eigenvalue weighted by Crippen LogP contribution is -2.35. The minimum atomic E-state index is 0.264. The van der Waals surface area contributed by atoms with Crippen LogP contribution in [0, 0.1) is 5.41 Å². The molecule has 1 fully saturated rings. The SMILES string of the molecule is COc1ccccc1C(CN)N1CCCC(C)(C)CC1. The van der Waals surface area contributed by atoms with E-state index in [0.29, 0.717) is 12.0 Å². The maximum atomic E-state index is 6.08. The van der Waals surface area contributed by atoms with Gasteiger partial charge in [0.05, 0.1) is 13.2 Å². The maximum Gasteiger partial charge on any atom is 0.123 e. The molecule has 2 rings (SSSR count). The quantitative estimate of drug-likeness (QED) is 0.917. The van der Waals surface area contributed by atoms with E-state index in [2.05, 4.69) is 30.9 Å². The highest BCUT2D eigenvalue weighted by atomic mass is 16.5. The van der Waals surface area contributed by atoms with E-state index in [4.69, 9.17) is 10.5 Å². The van der Waals surface area contributed by atoms with Crippen molar-refractivity contribution < 1.29 is 4.74 Å². The van der Waals surface area contributed by atoms with Crippen molar-refractivity contribution in [3.8, 4) is 5.75 Å². The average Bonchev–Trinajstić information content (AvgIpc) is 2.62. The van der Waals surface area contributed by atoms with Crippen LogP contribution in [-0.2, 0) is 0 Å². The zero-order valence-electron chi connectivity index (χ0n) is 13.1. The highest BCUT2D eigenvalue weighted by molar-refractivity contribution is 5.36. The smallest absolute Gasteiger partial charge is 0.123 e. The molecule has 0 saturated carbocycles. The molecule has 0 spiro atoms. The molecule has 3 heteroatoms. The van der Waals surface area contributed by atoms with Gasteiger partial charge in [0.1, 0.15) is 5.75 Å². The summed E-state index contributed by atoms with van der Waals surface area (Å²) in [4.78, 5) is 2.53. The van der Waals surface area contributed by atoms with Crippen molar-refractivity contribution in [3.63, 3.8) is 0 Å². The van der Waals surface area contributed by atoms with Gasteiger partial charge in [-0.3, -0.25) is 4.90 Å². The summed E-state index contributed by atoms with van der Waals surface area (Å²) in [5.41, 5.74) is 7.75. The maximum absolute atomic E-state index is 6.08. The Morgan fingerprint density at radius 2 is 2.00 bits per heavy atom. The number of hydrogen-bond donors (Lipinski definition) is 1. The fourth-order valence-electron chi connectivity index (χ4n) is 3.17. The molecule has 1 aliphatic heterocycles. The van der Waals surface area contributed by atoms with Gasteiger partial charge in [0.25, 0.3) is 0 Å². The Morgan fingerprint density at radius 1 is 1.25 bits per heavy atom. The number of ether oxygens (including phenoxy) is 1. The first-order chi connectivity index (χ1) is 9.57. The first kappa shape index (κ1) is 15.3. The highest BCUT2D eigenvalue weighted by Gasteiger charge is 2.28. The molecular weight excluding hydrogens is 248 g/mol. The molecule has 1 aromatic rings. The van der Waals surface area contributed by atoms with Crippen LogP contribution in [0.4, 0.5) is 0 Å². The minimum absolute atomic E-state index is 0.264. The summed E-state index contributed by atoms with van der Waals surface area (Å²) in [5, 5.41) is 0. The van der Waals surface area contributed by atoms with Crippen molar-refractivity contribution in [1.29, 1.82) is 0 Å². The molecule has 1 saturated heterocycles. The van der Waals surface area contributed by atoms with E-state index in [1.54, 1.807) is 7.11 Å². The molecule has 3 nitrogen and oxygen atoms in total. The second-order valence-electron chi connectivity index (χ2n) is 6.55. The minimum Gasteiger partial charge on any atom is -0.496 e. The Morgan fingerprint density at radius 3 is 2.70 bits per heavy atom. The lowest BCUT2D eigenvalue weighted by Gasteiger charge is -2.31. The molecule has 1 aliphatic rings. The average molecular weight is 276 g/mol. The Hall–Kier alpha value is -1.06. The monoisotopic (exact) mass is 276 g/mol. The number of benzene rings is 1. The molecule has 1 atom stereocenters. The first-order valence-electron chi connectivity index (χ1n) is 7.64. The Kier molecular flexibility index (Phi) is 5.06. The molecule has 0 bridgehead atoms. The number of rotatable bonds is 4. The normalized spacial score (nSPS) is 21.2. The third kappa shape index (κ3) is 3.53. The summed E-state index contributed by atoms with van der Waals surface area (Å²) in [6.07, 6.45) is 3.78. The van der Waals surface area contributed by atoms with Gasteiger partial charge < -0.3 is 10.5 Å². The molecule has 0 amide bonds. The van der Waals surface area contributed by atoms with E-state index >= 15 is 0 Å². The number of hydrogen-bond acceptors (Lipinski definition) is 3. The molecule has 0 aliphatic carbocycles. The first-order valence-corrected chi connectivity index (χ1v) is 7.64. The predicted molar refractivity (Wildman–Crippen MR) is 84.0 cm³/mol. The van der Waals surface area contributed by atoms with Gasteiger partial charge in [0, 0.05) is 12.1 Å². The van der Waals surface area contributed by atoms with Gasteiger partial charge in [-0.05, 0) is 43.8 Å². The zero-order valence-corrected chi connectivity index (χ0v) is 13.1. The molecule has 2 N–H and O–H groups in total. The summed E-state index contributed by atoms with van der Waals surface area (Å²) in [5.74, 6) is 0.950. The van der Waals surface area contributed by atoms with Gasteiger partial charge in [0.2, 0.25) is 0 Å². The fraction of sp³-hybridized carbons (Fsp3) is 0.647. The van der Waals surface area contributed by atoms with E-state index in [1.165, 1.54) is 24.8 Å². The number of methoxy groups -OCH3 is 1. The summed E-state index contributed by atoms with van der Waals surface area (Å²) < 4.78 is 5.51. The van der Waals surface area contributed by atoms with Crippen LogP contribution in [-0.4, -0.2) is 31.6 Å². The summed E-state index contributed by atoms with van der Waals surface area (Å²) in [6.45, 7) is 7.63.